The lowest BCUT2D eigenvalue weighted by Crippen LogP contribution is -2.23. The van der Waals surface area contributed by atoms with Gasteiger partial charge in [-0.1, -0.05) is 50.1 Å². The van der Waals surface area contributed by atoms with Gasteiger partial charge in [-0.25, -0.2) is 0 Å². The van der Waals surface area contributed by atoms with Crippen LogP contribution in [0.4, 0.5) is 0 Å². The average molecular weight is 276 g/mol. The van der Waals surface area contributed by atoms with Crippen LogP contribution in [0.25, 0.3) is 0 Å². The molecule has 0 heterocycles. The van der Waals surface area contributed by atoms with Gasteiger partial charge < -0.3 is 10.6 Å². The summed E-state index contributed by atoms with van der Waals surface area (Å²) in [6, 6.07) is 10.8. The van der Waals surface area contributed by atoms with Crippen LogP contribution in [-0.2, 0) is 6.42 Å². The first-order chi connectivity index (χ1) is 9.76. The summed E-state index contributed by atoms with van der Waals surface area (Å²) in [6.45, 7) is 5.47. The Morgan fingerprint density at radius 2 is 1.80 bits per heavy atom. The molecule has 0 amide bonds. The molecule has 1 unspecified atom stereocenters. The molecule has 2 N–H and O–H groups in total. The maximum atomic E-state index is 5.69. The topological polar surface area (TPSA) is 29.3 Å². The molecule has 1 atom stereocenters. The zero-order valence-corrected chi connectivity index (χ0v) is 13.4. The number of nitrogens with zero attached hydrogens (tertiary/aromatic N) is 1. The minimum atomic E-state index is 0.840. The lowest BCUT2D eigenvalue weighted by molar-refractivity contribution is 0.307. The monoisotopic (exact) mass is 276 g/mol. The molecule has 0 fully saturated rings. The first-order valence-electron chi connectivity index (χ1n) is 8.18. The van der Waals surface area contributed by atoms with Crippen molar-refractivity contribution in [1.29, 1.82) is 0 Å². The Labute approximate surface area is 125 Å². The molecule has 0 radical (unpaired) electrons. The molecule has 0 saturated carbocycles. The van der Waals surface area contributed by atoms with E-state index < -0.39 is 0 Å². The second-order valence-electron chi connectivity index (χ2n) is 5.91. The molecule has 114 valence electrons. The van der Waals surface area contributed by atoms with Gasteiger partial charge in [0.05, 0.1) is 0 Å². The second kappa shape index (κ2) is 10.9. The molecular weight excluding hydrogens is 244 g/mol. The number of rotatable bonds is 11. The van der Waals surface area contributed by atoms with Crippen molar-refractivity contribution in [3.63, 3.8) is 0 Å². The van der Waals surface area contributed by atoms with E-state index in [0.717, 1.165) is 25.4 Å². The molecule has 0 saturated heterocycles. The number of hydrogen-bond donors (Lipinski definition) is 1. The highest BCUT2D eigenvalue weighted by atomic mass is 15.1. The fraction of sp³-hybridized carbons (Fsp3) is 0.667. The van der Waals surface area contributed by atoms with E-state index >= 15 is 0 Å². The zero-order chi connectivity index (χ0) is 14.6. The van der Waals surface area contributed by atoms with E-state index in [1.807, 2.05) is 0 Å². The van der Waals surface area contributed by atoms with E-state index in [-0.39, 0.29) is 0 Å². The first-order valence-corrected chi connectivity index (χ1v) is 8.18. The van der Waals surface area contributed by atoms with Crippen LogP contribution in [0.5, 0.6) is 0 Å². The lowest BCUT2D eigenvalue weighted by atomic mass is 9.94. The van der Waals surface area contributed by atoms with Gasteiger partial charge >= 0.3 is 0 Å². The highest BCUT2D eigenvalue weighted by Crippen LogP contribution is 2.17. The van der Waals surface area contributed by atoms with Crippen LogP contribution in [0.3, 0.4) is 0 Å². The summed E-state index contributed by atoms with van der Waals surface area (Å²) in [5.74, 6) is 0.840. The summed E-state index contributed by atoms with van der Waals surface area (Å²) in [5.41, 5.74) is 7.13. The summed E-state index contributed by atoms with van der Waals surface area (Å²) in [7, 11) is 2.24. The van der Waals surface area contributed by atoms with Gasteiger partial charge in [-0.05, 0) is 57.3 Å². The fourth-order valence-electron chi connectivity index (χ4n) is 2.80. The molecule has 20 heavy (non-hydrogen) atoms. The Balaban J connectivity index is 2.14. The molecule has 0 bridgehead atoms. The molecule has 0 aliphatic heterocycles. The number of nitrogens with two attached hydrogens (primary N) is 1. The Bertz CT molecular complexity index is 317. The molecule has 0 aromatic heterocycles. The van der Waals surface area contributed by atoms with Gasteiger partial charge in [0.1, 0.15) is 0 Å². The lowest BCUT2D eigenvalue weighted by Gasteiger charge is -2.19. The molecule has 0 aliphatic carbocycles. The smallest absolute Gasteiger partial charge is 0.00188 e. The Morgan fingerprint density at radius 1 is 1.05 bits per heavy atom. The van der Waals surface area contributed by atoms with Gasteiger partial charge in [-0.2, -0.15) is 0 Å². The van der Waals surface area contributed by atoms with Crippen molar-refractivity contribution in [2.24, 2.45) is 11.7 Å². The zero-order valence-electron chi connectivity index (χ0n) is 13.4. The highest BCUT2D eigenvalue weighted by molar-refractivity contribution is 5.14. The number of benzene rings is 1. The molecular formula is C18H32N2. The van der Waals surface area contributed by atoms with Crippen molar-refractivity contribution in [3.05, 3.63) is 35.9 Å². The molecule has 0 aliphatic rings. The summed E-state index contributed by atoms with van der Waals surface area (Å²) in [4.78, 5) is 2.46. The third-order valence-electron chi connectivity index (χ3n) is 4.05. The summed E-state index contributed by atoms with van der Waals surface area (Å²) in [6.07, 6.45) is 7.61. The van der Waals surface area contributed by atoms with Crippen molar-refractivity contribution < 1.29 is 0 Å². The molecule has 1 aromatic carbocycles. The van der Waals surface area contributed by atoms with Crippen LogP contribution >= 0.6 is 0 Å². The van der Waals surface area contributed by atoms with E-state index in [1.54, 1.807) is 0 Å². The summed E-state index contributed by atoms with van der Waals surface area (Å²) < 4.78 is 0. The molecule has 2 heteroatoms. The normalized spacial score (nSPS) is 12.8. The van der Waals surface area contributed by atoms with E-state index in [1.165, 1.54) is 44.2 Å². The SMILES string of the molecule is CCCC(CCN)CCCN(C)CCc1ccccc1. The van der Waals surface area contributed by atoms with Crippen molar-refractivity contribution in [1.82, 2.24) is 4.90 Å². The predicted molar refractivity (Wildman–Crippen MR) is 88.9 cm³/mol. The van der Waals surface area contributed by atoms with Crippen LogP contribution in [0.2, 0.25) is 0 Å². The standard InChI is InChI=1S/C18H32N2/c1-3-8-17(12-14-19)11-7-15-20(2)16-13-18-9-5-4-6-10-18/h4-6,9-10,17H,3,7-8,11-16,19H2,1-2H3. The average Bonchev–Trinajstić information content (AvgIpc) is 2.47. The highest BCUT2D eigenvalue weighted by Gasteiger charge is 2.07. The third kappa shape index (κ3) is 7.66. The maximum absolute atomic E-state index is 5.69. The van der Waals surface area contributed by atoms with Gasteiger partial charge in [0.2, 0.25) is 0 Å². The minimum absolute atomic E-state index is 0.840. The van der Waals surface area contributed by atoms with Gasteiger partial charge in [-0.3, -0.25) is 0 Å². The van der Waals surface area contributed by atoms with Crippen molar-refractivity contribution in [3.8, 4) is 0 Å². The minimum Gasteiger partial charge on any atom is -0.330 e. The maximum Gasteiger partial charge on any atom is 0.00188 e. The van der Waals surface area contributed by atoms with Gasteiger partial charge in [0.25, 0.3) is 0 Å². The first kappa shape index (κ1) is 17.2. The Morgan fingerprint density at radius 3 is 2.45 bits per heavy atom. The molecule has 2 nitrogen and oxygen atoms in total. The fourth-order valence-corrected chi connectivity index (χ4v) is 2.80. The summed E-state index contributed by atoms with van der Waals surface area (Å²) in [5, 5.41) is 0. The van der Waals surface area contributed by atoms with Crippen LogP contribution in [-0.4, -0.2) is 31.6 Å². The number of hydrogen-bond acceptors (Lipinski definition) is 2. The van der Waals surface area contributed by atoms with E-state index in [0.29, 0.717) is 0 Å². The quantitative estimate of drug-likeness (QED) is 0.667. The van der Waals surface area contributed by atoms with Gasteiger partial charge in [0.15, 0.2) is 0 Å². The van der Waals surface area contributed by atoms with E-state index in [4.69, 9.17) is 5.73 Å². The molecule has 1 rings (SSSR count). The van der Waals surface area contributed by atoms with Crippen LogP contribution in [0.15, 0.2) is 30.3 Å². The van der Waals surface area contributed by atoms with Crippen molar-refractivity contribution in [2.45, 2.75) is 45.4 Å². The third-order valence-corrected chi connectivity index (χ3v) is 4.05. The van der Waals surface area contributed by atoms with Crippen LogP contribution in [0.1, 0.15) is 44.6 Å². The molecule has 1 aromatic rings. The summed E-state index contributed by atoms with van der Waals surface area (Å²) >= 11 is 0. The second-order valence-corrected chi connectivity index (χ2v) is 5.91. The van der Waals surface area contributed by atoms with Gasteiger partial charge in [-0.15, -0.1) is 0 Å². The predicted octanol–water partition coefficient (Wildman–Crippen LogP) is 3.71. The van der Waals surface area contributed by atoms with Crippen molar-refractivity contribution >= 4 is 0 Å². The van der Waals surface area contributed by atoms with E-state index in [2.05, 4.69) is 49.2 Å². The largest absolute Gasteiger partial charge is 0.330 e. The Kier molecular flexibility index (Phi) is 9.35. The van der Waals surface area contributed by atoms with Crippen LogP contribution in [0, 0.1) is 5.92 Å². The van der Waals surface area contributed by atoms with E-state index in [9.17, 15) is 0 Å². The van der Waals surface area contributed by atoms with Crippen LogP contribution < -0.4 is 5.73 Å². The Hall–Kier alpha value is -0.860. The van der Waals surface area contributed by atoms with Crippen molar-refractivity contribution in [2.75, 3.05) is 26.7 Å². The number of likely N-dealkylation sites (N-methyl/N-ethyl adjacent to an activating group) is 1. The van der Waals surface area contributed by atoms with Gasteiger partial charge in [0, 0.05) is 6.54 Å². The molecule has 0 spiro atoms.